The number of halogens is 1. The molecule has 0 radical (unpaired) electrons. The molecule has 1 saturated carbocycles. The van der Waals surface area contributed by atoms with Crippen LogP contribution >= 0.6 is 0 Å². The van der Waals surface area contributed by atoms with E-state index in [1.807, 2.05) is 6.20 Å². The summed E-state index contributed by atoms with van der Waals surface area (Å²) in [5.41, 5.74) is 2.15. The minimum Gasteiger partial charge on any atom is -0.496 e. The average molecular weight is 368 g/mol. The lowest BCUT2D eigenvalue weighted by Crippen LogP contribution is -2.32. The maximum atomic E-state index is 13.7. The number of rotatable bonds is 6. The second-order valence-electron chi connectivity index (χ2n) is 6.89. The molecule has 0 bridgehead atoms. The zero-order valence-corrected chi connectivity index (χ0v) is 15.3. The predicted octanol–water partition coefficient (Wildman–Crippen LogP) is 3.79. The van der Waals surface area contributed by atoms with Crippen LogP contribution in [-0.4, -0.2) is 31.7 Å². The van der Waals surface area contributed by atoms with E-state index >= 15 is 0 Å². The van der Waals surface area contributed by atoms with E-state index in [9.17, 15) is 9.18 Å². The third-order valence-electron chi connectivity index (χ3n) is 5.31. The van der Waals surface area contributed by atoms with Gasteiger partial charge in [0.25, 0.3) is 5.91 Å². The molecule has 0 saturated heterocycles. The summed E-state index contributed by atoms with van der Waals surface area (Å²) < 4.78 is 24.3. The van der Waals surface area contributed by atoms with Crippen molar-refractivity contribution >= 4 is 16.8 Å². The molecule has 1 heterocycles. The van der Waals surface area contributed by atoms with Crippen molar-refractivity contribution < 1.29 is 18.7 Å². The molecule has 2 aromatic carbocycles. The molecular formula is C21H21FN2O3. The zero-order chi connectivity index (χ0) is 19.0. The molecular weight excluding hydrogens is 347 g/mol. The van der Waals surface area contributed by atoms with Gasteiger partial charge in [0.2, 0.25) is 0 Å². The molecule has 1 aromatic heterocycles. The van der Waals surface area contributed by atoms with Crippen molar-refractivity contribution in [1.82, 2.24) is 10.3 Å². The summed E-state index contributed by atoms with van der Waals surface area (Å²) in [5, 5.41) is 3.88. The Morgan fingerprint density at radius 2 is 1.89 bits per heavy atom. The van der Waals surface area contributed by atoms with Crippen molar-refractivity contribution in [2.75, 3.05) is 20.8 Å². The molecule has 1 aliphatic rings. The van der Waals surface area contributed by atoms with E-state index in [1.165, 1.54) is 20.3 Å². The smallest absolute Gasteiger partial charge is 0.258 e. The van der Waals surface area contributed by atoms with E-state index in [0.717, 1.165) is 29.3 Å². The van der Waals surface area contributed by atoms with Crippen LogP contribution in [-0.2, 0) is 5.41 Å². The number of fused-ring (bicyclic) bond motifs is 1. The van der Waals surface area contributed by atoms with Crippen LogP contribution in [0.25, 0.3) is 10.9 Å². The van der Waals surface area contributed by atoms with Gasteiger partial charge in [0.15, 0.2) is 0 Å². The van der Waals surface area contributed by atoms with E-state index in [2.05, 4.69) is 10.3 Å². The van der Waals surface area contributed by atoms with Gasteiger partial charge in [0.05, 0.1) is 14.2 Å². The SMILES string of the molecule is COc1cccc(OC)c1C(=O)NCC1(c2c[nH]c3ccc(F)cc23)CC1. The van der Waals surface area contributed by atoms with Gasteiger partial charge in [-0.1, -0.05) is 6.07 Å². The van der Waals surface area contributed by atoms with Crippen molar-refractivity contribution in [3.8, 4) is 11.5 Å². The van der Waals surface area contributed by atoms with Crippen LogP contribution < -0.4 is 14.8 Å². The maximum Gasteiger partial charge on any atom is 0.258 e. The Morgan fingerprint density at radius 3 is 2.52 bits per heavy atom. The van der Waals surface area contributed by atoms with Gasteiger partial charge in [0, 0.05) is 29.1 Å². The molecule has 0 unspecified atom stereocenters. The molecule has 4 rings (SSSR count). The Hall–Kier alpha value is -3.02. The number of carbonyl (C=O) groups excluding carboxylic acids is 1. The lowest BCUT2D eigenvalue weighted by atomic mass is 9.95. The highest BCUT2D eigenvalue weighted by molar-refractivity contribution is 6.00. The number of nitrogens with one attached hydrogen (secondary N) is 2. The Bertz CT molecular complexity index is 986. The molecule has 6 heteroatoms. The Balaban J connectivity index is 1.58. The van der Waals surface area contributed by atoms with E-state index in [1.54, 1.807) is 30.3 Å². The number of methoxy groups -OCH3 is 2. The summed E-state index contributed by atoms with van der Waals surface area (Å²) in [6.45, 7) is 0.469. The maximum absolute atomic E-state index is 13.7. The fourth-order valence-corrected chi connectivity index (χ4v) is 3.64. The normalized spacial score (nSPS) is 14.8. The molecule has 1 fully saturated rings. The van der Waals surface area contributed by atoms with Crippen LogP contribution in [0.4, 0.5) is 4.39 Å². The lowest BCUT2D eigenvalue weighted by Gasteiger charge is -2.18. The molecule has 0 aliphatic heterocycles. The number of benzene rings is 2. The molecule has 2 N–H and O–H groups in total. The highest BCUT2D eigenvalue weighted by Crippen LogP contribution is 2.50. The van der Waals surface area contributed by atoms with Crippen LogP contribution in [0.2, 0.25) is 0 Å². The first-order valence-electron chi connectivity index (χ1n) is 8.84. The topological polar surface area (TPSA) is 63.4 Å². The summed E-state index contributed by atoms with van der Waals surface area (Å²) in [7, 11) is 3.04. The van der Waals surface area contributed by atoms with Gasteiger partial charge < -0.3 is 19.8 Å². The largest absolute Gasteiger partial charge is 0.496 e. The molecule has 140 valence electrons. The quantitative estimate of drug-likeness (QED) is 0.696. The second-order valence-corrected chi connectivity index (χ2v) is 6.89. The predicted molar refractivity (Wildman–Crippen MR) is 101 cm³/mol. The standard InChI is InChI=1S/C21H21FN2O3/c1-26-17-4-3-5-18(27-2)19(17)20(25)24-12-21(8-9-21)15-11-23-16-7-6-13(22)10-14(15)16/h3-7,10-11,23H,8-9,12H2,1-2H3,(H,24,25). The van der Waals surface area contributed by atoms with Crippen LogP contribution in [0.1, 0.15) is 28.8 Å². The number of carbonyl (C=O) groups is 1. The van der Waals surface area contributed by atoms with Gasteiger partial charge in [-0.3, -0.25) is 4.79 Å². The van der Waals surface area contributed by atoms with Gasteiger partial charge in [-0.05, 0) is 48.7 Å². The van der Waals surface area contributed by atoms with Crippen LogP contribution in [0.3, 0.4) is 0 Å². The molecule has 1 aliphatic carbocycles. The van der Waals surface area contributed by atoms with E-state index < -0.39 is 0 Å². The van der Waals surface area contributed by atoms with Crippen molar-refractivity contribution in [2.45, 2.75) is 18.3 Å². The third kappa shape index (κ3) is 3.01. The minimum absolute atomic E-state index is 0.170. The van der Waals surface area contributed by atoms with Crippen LogP contribution in [0, 0.1) is 5.82 Å². The minimum atomic E-state index is -0.262. The van der Waals surface area contributed by atoms with Crippen molar-refractivity contribution in [3.63, 3.8) is 0 Å². The Kier molecular flexibility index (Phi) is 4.26. The highest BCUT2D eigenvalue weighted by Gasteiger charge is 2.46. The average Bonchev–Trinajstić information content (AvgIpc) is 3.36. The molecule has 27 heavy (non-hydrogen) atoms. The fourth-order valence-electron chi connectivity index (χ4n) is 3.64. The molecule has 5 nitrogen and oxygen atoms in total. The van der Waals surface area contributed by atoms with Crippen molar-refractivity contribution in [1.29, 1.82) is 0 Å². The van der Waals surface area contributed by atoms with E-state index in [4.69, 9.17) is 9.47 Å². The zero-order valence-electron chi connectivity index (χ0n) is 15.3. The number of amides is 1. The summed E-state index contributed by atoms with van der Waals surface area (Å²) in [4.78, 5) is 16.0. The number of H-pyrrole nitrogens is 1. The lowest BCUT2D eigenvalue weighted by molar-refractivity contribution is 0.0943. The van der Waals surface area contributed by atoms with Gasteiger partial charge >= 0.3 is 0 Å². The molecule has 1 amide bonds. The van der Waals surface area contributed by atoms with Gasteiger partial charge in [0.1, 0.15) is 22.9 Å². The van der Waals surface area contributed by atoms with Gasteiger partial charge in [-0.15, -0.1) is 0 Å². The van der Waals surface area contributed by atoms with Gasteiger partial charge in [-0.2, -0.15) is 0 Å². The summed E-state index contributed by atoms with van der Waals surface area (Å²) in [6, 6.07) is 9.96. The van der Waals surface area contributed by atoms with Crippen molar-refractivity contribution in [2.24, 2.45) is 0 Å². The Labute approximate surface area is 156 Å². The first-order chi connectivity index (χ1) is 13.1. The summed E-state index contributed by atoms with van der Waals surface area (Å²) >= 11 is 0. The number of aromatic nitrogens is 1. The Morgan fingerprint density at radius 1 is 1.19 bits per heavy atom. The molecule has 0 spiro atoms. The summed E-state index contributed by atoms with van der Waals surface area (Å²) in [6.07, 6.45) is 3.81. The van der Waals surface area contributed by atoms with Crippen molar-refractivity contribution in [3.05, 3.63) is 59.5 Å². The fraction of sp³-hybridized carbons (Fsp3) is 0.286. The number of aromatic amines is 1. The monoisotopic (exact) mass is 368 g/mol. The molecule has 3 aromatic rings. The number of hydrogen-bond donors (Lipinski definition) is 2. The third-order valence-corrected chi connectivity index (χ3v) is 5.31. The highest BCUT2D eigenvalue weighted by atomic mass is 19.1. The first-order valence-corrected chi connectivity index (χ1v) is 8.84. The number of ether oxygens (including phenoxy) is 2. The van der Waals surface area contributed by atoms with E-state index in [0.29, 0.717) is 23.6 Å². The van der Waals surface area contributed by atoms with Gasteiger partial charge in [-0.25, -0.2) is 4.39 Å². The number of hydrogen-bond acceptors (Lipinski definition) is 3. The van der Waals surface area contributed by atoms with Crippen LogP contribution in [0.5, 0.6) is 11.5 Å². The van der Waals surface area contributed by atoms with E-state index in [-0.39, 0.29) is 17.1 Å². The molecule has 0 atom stereocenters. The van der Waals surface area contributed by atoms with Crippen LogP contribution in [0.15, 0.2) is 42.6 Å². The first kappa shape index (κ1) is 17.4. The summed E-state index contributed by atoms with van der Waals surface area (Å²) in [5.74, 6) is 0.417. The second kappa shape index (κ2) is 6.61.